The van der Waals surface area contributed by atoms with Gasteiger partial charge in [-0.15, -0.1) is 0 Å². The van der Waals surface area contributed by atoms with Crippen LogP contribution in [0.3, 0.4) is 0 Å². The Morgan fingerprint density at radius 2 is 1.54 bits per heavy atom. The van der Waals surface area contributed by atoms with Gasteiger partial charge in [-0.25, -0.2) is 4.68 Å². The van der Waals surface area contributed by atoms with Crippen LogP contribution in [0.15, 0.2) is 88.9 Å². The van der Waals surface area contributed by atoms with Gasteiger partial charge in [0, 0.05) is 23.6 Å². The topological polar surface area (TPSA) is 85.4 Å². The summed E-state index contributed by atoms with van der Waals surface area (Å²) in [5.74, 6) is 0.315. The summed E-state index contributed by atoms with van der Waals surface area (Å²) >= 11 is 0. The number of para-hydroxylation sites is 1. The van der Waals surface area contributed by atoms with Crippen LogP contribution in [0, 0.1) is 0 Å². The monoisotopic (exact) mass is 561 g/mol. The number of hydrogen-bond acceptors (Lipinski definition) is 5. The lowest BCUT2D eigenvalue weighted by atomic mass is 9.72. The molecule has 41 heavy (non-hydrogen) atoms. The Morgan fingerprint density at radius 3 is 2.20 bits per heavy atom. The molecule has 2 aliphatic rings. The van der Waals surface area contributed by atoms with Gasteiger partial charge in [0.1, 0.15) is 5.82 Å². The summed E-state index contributed by atoms with van der Waals surface area (Å²) < 4.78 is 52.2. The fourth-order valence-corrected chi connectivity index (χ4v) is 5.79. The number of methoxy groups -OCH3 is 2. The number of ketones is 1. The zero-order valence-electron chi connectivity index (χ0n) is 22.2. The van der Waals surface area contributed by atoms with Gasteiger partial charge in [-0.05, 0) is 59.9 Å². The van der Waals surface area contributed by atoms with E-state index in [2.05, 4.69) is 10.4 Å². The highest BCUT2D eigenvalue weighted by Crippen LogP contribution is 2.47. The van der Waals surface area contributed by atoms with E-state index in [9.17, 15) is 22.8 Å². The molecule has 0 saturated heterocycles. The lowest BCUT2D eigenvalue weighted by Gasteiger charge is -2.34. The van der Waals surface area contributed by atoms with E-state index in [0.29, 0.717) is 46.3 Å². The molecule has 4 aromatic rings. The Kier molecular flexibility index (Phi) is 6.48. The number of nitrogens with one attached hydrogen (secondary N) is 2. The highest BCUT2D eigenvalue weighted by Gasteiger charge is 2.41. The van der Waals surface area contributed by atoms with Gasteiger partial charge in [-0.2, -0.15) is 13.2 Å². The number of Topliss-reactive ketones (excluding diaryl/α,β-unsaturated/α-hetero) is 1. The molecular weight excluding hydrogens is 535 g/mol. The average molecular weight is 562 g/mol. The van der Waals surface area contributed by atoms with Crippen LogP contribution in [0.4, 0.5) is 19.0 Å². The van der Waals surface area contributed by atoms with Crippen molar-refractivity contribution >= 4 is 11.6 Å². The molecule has 210 valence electrons. The minimum absolute atomic E-state index is 0.166. The van der Waals surface area contributed by atoms with E-state index in [1.165, 1.54) is 16.8 Å². The molecule has 0 saturated carbocycles. The molecule has 0 fully saturated rings. The van der Waals surface area contributed by atoms with Crippen molar-refractivity contribution in [1.29, 1.82) is 0 Å². The lowest BCUT2D eigenvalue weighted by molar-refractivity contribution is -0.137. The molecule has 1 aliphatic carbocycles. The van der Waals surface area contributed by atoms with Crippen LogP contribution in [0.5, 0.6) is 11.5 Å². The summed E-state index contributed by atoms with van der Waals surface area (Å²) in [6.07, 6.45) is -3.89. The van der Waals surface area contributed by atoms with Crippen molar-refractivity contribution in [2.45, 2.75) is 30.9 Å². The van der Waals surface area contributed by atoms with Gasteiger partial charge in [0.15, 0.2) is 17.3 Å². The molecule has 2 atom stereocenters. The van der Waals surface area contributed by atoms with Crippen molar-refractivity contribution in [2.24, 2.45) is 0 Å². The molecule has 0 amide bonds. The van der Waals surface area contributed by atoms with Crippen LogP contribution in [0.1, 0.15) is 46.9 Å². The third-order valence-corrected chi connectivity index (χ3v) is 7.75. The lowest BCUT2D eigenvalue weighted by Crippen LogP contribution is -2.32. The number of alkyl halides is 3. The van der Waals surface area contributed by atoms with E-state index in [-0.39, 0.29) is 29.2 Å². The van der Waals surface area contributed by atoms with E-state index in [1.807, 2.05) is 18.2 Å². The average Bonchev–Trinajstić information content (AvgIpc) is 3.31. The molecular formula is C31H26F3N3O4. The van der Waals surface area contributed by atoms with Crippen LogP contribution >= 0.6 is 0 Å². The number of aromatic amines is 1. The van der Waals surface area contributed by atoms with Crippen LogP contribution < -0.4 is 20.3 Å². The van der Waals surface area contributed by atoms with Crippen molar-refractivity contribution < 1.29 is 27.4 Å². The zero-order chi connectivity index (χ0) is 28.9. The fraction of sp³-hybridized carbons (Fsp3) is 0.226. The van der Waals surface area contributed by atoms with Crippen LogP contribution in [0.25, 0.3) is 5.69 Å². The number of allylic oxidation sites excluding steroid dienone is 2. The summed E-state index contributed by atoms with van der Waals surface area (Å²) in [6.45, 7) is 0. The Hall–Kier alpha value is -4.73. The summed E-state index contributed by atoms with van der Waals surface area (Å²) in [6, 6.07) is 19.1. The van der Waals surface area contributed by atoms with E-state index in [0.717, 1.165) is 17.7 Å². The van der Waals surface area contributed by atoms with E-state index in [1.54, 1.807) is 44.6 Å². The van der Waals surface area contributed by atoms with Crippen molar-refractivity contribution in [1.82, 2.24) is 9.78 Å². The molecule has 10 heteroatoms. The second-order valence-electron chi connectivity index (χ2n) is 10.1. The smallest absolute Gasteiger partial charge is 0.416 e. The Bertz CT molecular complexity index is 1720. The first-order chi connectivity index (χ1) is 19.7. The largest absolute Gasteiger partial charge is 0.493 e. The van der Waals surface area contributed by atoms with Gasteiger partial charge in [0.25, 0.3) is 5.56 Å². The molecule has 2 heterocycles. The molecule has 0 spiro atoms. The van der Waals surface area contributed by atoms with E-state index < -0.39 is 17.7 Å². The number of carbonyl (C=O) groups excluding carboxylic acids is 1. The zero-order valence-corrected chi connectivity index (χ0v) is 22.2. The minimum Gasteiger partial charge on any atom is -0.493 e. The van der Waals surface area contributed by atoms with Crippen molar-refractivity contribution in [2.75, 3.05) is 19.5 Å². The molecule has 6 rings (SSSR count). The number of halogens is 3. The number of benzene rings is 3. The predicted molar refractivity (Wildman–Crippen MR) is 147 cm³/mol. The summed E-state index contributed by atoms with van der Waals surface area (Å²) in [5.41, 5.74) is 2.02. The maximum Gasteiger partial charge on any atom is 0.416 e. The van der Waals surface area contributed by atoms with Gasteiger partial charge in [0.2, 0.25) is 0 Å². The molecule has 0 bridgehead atoms. The van der Waals surface area contributed by atoms with Crippen molar-refractivity contribution in [3.63, 3.8) is 0 Å². The molecule has 1 aromatic heterocycles. The Morgan fingerprint density at radius 1 is 0.854 bits per heavy atom. The Labute approximate surface area is 233 Å². The third kappa shape index (κ3) is 4.59. The maximum atomic E-state index is 13.8. The number of hydrogen-bond donors (Lipinski definition) is 2. The molecule has 0 radical (unpaired) electrons. The first kappa shape index (κ1) is 26.5. The maximum absolute atomic E-state index is 13.8. The summed E-state index contributed by atoms with van der Waals surface area (Å²) in [7, 11) is 3.09. The van der Waals surface area contributed by atoms with Gasteiger partial charge < -0.3 is 14.8 Å². The normalized spacial score (nSPS) is 18.4. The third-order valence-electron chi connectivity index (χ3n) is 7.75. The standard InChI is InChI=1S/C31H26F3N3O4/c1-40-24-13-10-18(16-25(24)41-2)19-14-22-27(23(38)15-19)26(17-8-11-20(12-9-17)31(32,33)34)28-29(35-22)36-37(30(28)39)21-6-4-3-5-7-21/h3-13,16,19,26,35-36H,14-15H2,1-2H3. The van der Waals surface area contributed by atoms with E-state index >= 15 is 0 Å². The second kappa shape index (κ2) is 10.0. The number of ether oxygens (including phenoxy) is 2. The molecule has 2 N–H and O–H groups in total. The van der Waals surface area contributed by atoms with Gasteiger partial charge in [-0.3, -0.25) is 14.7 Å². The first-order valence-electron chi connectivity index (χ1n) is 13.0. The second-order valence-corrected chi connectivity index (χ2v) is 10.1. The number of nitrogens with zero attached hydrogens (tertiary/aromatic N) is 1. The Balaban J connectivity index is 1.47. The molecule has 1 aliphatic heterocycles. The number of carbonyl (C=O) groups is 1. The van der Waals surface area contributed by atoms with Crippen molar-refractivity contribution in [3.8, 4) is 17.2 Å². The van der Waals surface area contributed by atoms with Crippen LogP contribution in [-0.2, 0) is 11.0 Å². The number of H-pyrrole nitrogens is 1. The summed E-state index contributed by atoms with van der Waals surface area (Å²) in [4.78, 5) is 27.6. The highest BCUT2D eigenvalue weighted by molar-refractivity contribution is 6.01. The van der Waals surface area contributed by atoms with E-state index in [4.69, 9.17) is 9.47 Å². The molecule has 3 aromatic carbocycles. The number of fused-ring (bicyclic) bond motifs is 1. The van der Waals surface area contributed by atoms with Crippen LogP contribution in [0.2, 0.25) is 0 Å². The van der Waals surface area contributed by atoms with Gasteiger partial charge >= 0.3 is 6.18 Å². The SMILES string of the molecule is COc1ccc(C2CC(=O)C3=C(C2)Nc2[nH]n(-c4ccccc4)c(=O)c2C3c2ccc(C(F)(F)F)cc2)cc1OC. The summed E-state index contributed by atoms with van der Waals surface area (Å²) in [5, 5.41) is 6.41. The fourth-order valence-electron chi connectivity index (χ4n) is 5.79. The number of anilines is 1. The van der Waals surface area contributed by atoms with Gasteiger partial charge in [-0.1, -0.05) is 36.4 Å². The molecule has 7 nitrogen and oxygen atoms in total. The first-order valence-corrected chi connectivity index (χ1v) is 13.0. The highest BCUT2D eigenvalue weighted by atomic mass is 19.4. The number of aromatic nitrogens is 2. The predicted octanol–water partition coefficient (Wildman–Crippen LogP) is 6.16. The minimum atomic E-state index is -4.51. The number of rotatable bonds is 5. The quantitative estimate of drug-likeness (QED) is 0.305. The van der Waals surface area contributed by atoms with Crippen molar-refractivity contribution in [3.05, 3.63) is 117 Å². The molecule has 2 unspecified atom stereocenters. The van der Waals surface area contributed by atoms with Crippen LogP contribution in [-0.4, -0.2) is 29.8 Å². The van der Waals surface area contributed by atoms with Gasteiger partial charge in [0.05, 0.1) is 31.0 Å².